The first-order chi connectivity index (χ1) is 12.5. The summed E-state index contributed by atoms with van der Waals surface area (Å²) in [5.41, 5.74) is 7.88. The van der Waals surface area contributed by atoms with E-state index in [0.29, 0.717) is 11.4 Å². The quantitative estimate of drug-likeness (QED) is 0.821. The highest BCUT2D eigenvalue weighted by Gasteiger charge is 2.56. The van der Waals surface area contributed by atoms with E-state index in [1.165, 1.54) is 11.2 Å². The van der Waals surface area contributed by atoms with Crippen LogP contribution < -0.4 is 10.6 Å². The zero-order valence-corrected chi connectivity index (χ0v) is 14.7. The van der Waals surface area contributed by atoms with Gasteiger partial charge in [0.1, 0.15) is 11.0 Å². The minimum atomic E-state index is -0.720. The molecule has 3 atom stereocenters. The van der Waals surface area contributed by atoms with Crippen molar-refractivity contribution >= 4 is 29.3 Å². The van der Waals surface area contributed by atoms with Crippen LogP contribution in [0, 0.1) is 24.2 Å². The van der Waals surface area contributed by atoms with Crippen LogP contribution in [0.3, 0.4) is 0 Å². The molecular weight excluding hydrogens is 350 g/mol. The highest BCUT2D eigenvalue weighted by Crippen LogP contribution is 2.50. The highest BCUT2D eigenvalue weighted by atomic mass is 32.2. The van der Waals surface area contributed by atoms with Crippen LogP contribution in [0.2, 0.25) is 0 Å². The van der Waals surface area contributed by atoms with Crippen LogP contribution in [0.1, 0.15) is 17.2 Å². The number of allylic oxidation sites excluding steroid dienone is 1. The van der Waals surface area contributed by atoms with Crippen molar-refractivity contribution in [2.45, 2.75) is 18.1 Å². The Bertz CT molecular complexity index is 957. The van der Waals surface area contributed by atoms with Crippen LogP contribution in [0.25, 0.3) is 0 Å². The van der Waals surface area contributed by atoms with Crippen molar-refractivity contribution < 1.29 is 14.0 Å². The Kier molecular flexibility index (Phi) is 3.85. The predicted octanol–water partition coefficient (Wildman–Crippen LogP) is 2.67. The molecule has 2 aliphatic rings. The molecule has 0 aliphatic carbocycles. The molecule has 1 aromatic carbocycles. The molecule has 2 N–H and O–H groups in total. The maximum Gasteiger partial charge on any atom is 0.248 e. The van der Waals surface area contributed by atoms with Gasteiger partial charge in [-0.15, -0.1) is 0 Å². The van der Waals surface area contributed by atoms with Gasteiger partial charge in [0.2, 0.25) is 11.8 Å². The molecule has 0 bridgehead atoms. The van der Waals surface area contributed by atoms with Crippen LogP contribution in [-0.2, 0) is 9.59 Å². The Hall–Kier alpha value is -2.98. The number of hydrogen-bond acceptors (Lipinski definition) is 6. The fourth-order valence-electron chi connectivity index (χ4n) is 3.50. The van der Waals surface area contributed by atoms with Gasteiger partial charge in [-0.3, -0.25) is 9.59 Å². The molecule has 26 heavy (non-hydrogen) atoms. The standard InChI is InChI=1S/C19H15N3O3S/c1-10-4-6-11(7-5-10)22-18(23)15-14(13-3-2-8-25-13)12(9-20)17(21)26-16(15)19(22)24/h2-8,14-16H,21H2,1H3/t14-,15-,16+/m1/s1. The molecule has 1 fully saturated rings. The number of aryl methyl sites for hydroxylation is 1. The van der Waals surface area contributed by atoms with Crippen molar-refractivity contribution in [1.29, 1.82) is 5.26 Å². The second kappa shape index (κ2) is 6.07. The normalized spacial score (nSPS) is 25.4. The van der Waals surface area contributed by atoms with Gasteiger partial charge < -0.3 is 10.2 Å². The first kappa shape index (κ1) is 16.5. The van der Waals surface area contributed by atoms with Crippen molar-refractivity contribution in [1.82, 2.24) is 0 Å². The van der Waals surface area contributed by atoms with E-state index in [1.54, 1.807) is 24.3 Å². The Balaban J connectivity index is 1.82. The SMILES string of the molecule is Cc1ccc(N2C(=O)[C@H]3[C@H](SC(N)=C(C#N)[C@@H]3c3ccco3)C2=O)cc1. The summed E-state index contributed by atoms with van der Waals surface area (Å²) >= 11 is 1.09. The summed E-state index contributed by atoms with van der Waals surface area (Å²) in [6, 6.07) is 12.7. The molecule has 2 aliphatic heterocycles. The van der Waals surface area contributed by atoms with Gasteiger partial charge >= 0.3 is 0 Å². The second-order valence-corrected chi connectivity index (χ2v) is 7.48. The molecule has 130 valence electrons. The molecule has 3 heterocycles. The van der Waals surface area contributed by atoms with Gasteiger partial charge in [0, 0.05) is 0 Å². The number of rotatable bonds is 2. The molecule has 1 aromatic heterocycles. The number of hydrogen-bond donors (Lipinski definition) is 1. The second-order valence-electron chi connectivity index (χ2n) is 6.29. The van der Waals surface area contributed by atoms with Crippen LogP contribution in [0.15, 0.2) is 57.7 Å². The maximum atomic E-state index is 13.2. The summed E-state index contributed by atoms with van der Waals surface area (Å²) in [5.74, 6) is -1.56. The third-order valence-corrected chi connectivity index (χ3v) is 5.97. The van der Waals surface area contributed by atoms with Gasteiger partial charge in [0.15, 0.2) is 0 Å². The Morgan fingerprint density at radius 2 is 1.92 bits per heavy atom. The van der Waals surface area contributed by atoms with Gasteiger partial charge in [0.05, 0.1) is 40.5 Å². The number of carbonyl (C=O) groups is 2. The lowest BCUT2D eigenvalue weighted by Crippen LogP contribution is -2.33. The average Bonchev–Trinajstić information content (AvgIpc) is 3.23. The molecule has 2 amide bonds. The van der Waals surface area contributed by atoms with Gasteiger partial charge in [-0.05, 0) is 31.2 Å². The van der Waals surface area contributed by atoms with E-state index < -0.39 is 17.1 Å². The first-order valence-corrected chi connectivity index (χ1v) is 8.95. The molecule has 6 nitrogen and oxygen atoms in total. The third kappa shape index (κ3) is 2.34. The molecule has 2 aromatic rings. The number of carbonyl (C=O) groups excluding carboxylic acids is 2. The van der Waals surface area contributed by atoms with E-state index >= 15 is 0 Å². The van der Waals surface area contributed by atoms with E-state index in [0.717, 1.165) is 17.3 Å². The van der Waals surface area contributed by atoms with Crippen LogP contribution in [0.5, 0.6) is 0 Å². The minimum absolute atomic E-state index is 0.266. The number of imide groups is 1. The molecule has 0 radical (unpaired) electrons. The first-order valence-electron chi connectivity index (χ1n) is 8.07. The van der Waals surface area contributed by atoms with E-state index in [9.17, 15) is 14.9 Å². The lowest BCUT2D eigenvalue weighted by atomic mass is 9.82. The number of nitrogens with two attached hydrogens (primary N) is 1. The van der Waals surface area contributed by atoms with Crippen LogP contribution in [0.4, 0.5) is 5.69 Å². The molecule has 4 rings (SSSR count). The summed E-state index contributed by atoms with van der Waals surface area (Å²) in [6.45, 7) is 1.93. The van der Waals surface area contributed by atoms with E-state index in [-0.39, 0.29) is 22.4 Å². The lowest BCUT2D eigenvalue weighted by molar-refractivity contribution is -0.122. The Morgan fingerprint density at radius 1 is 1.19 bits per heavy atom. The minimum Gasteiger partial charge on any atom is -0.469 e. The number of nitrogens with zero attached hydrogens (tertiary/aromatic N) is 2. The number of benzene rings is 1. The van der Waals surface area contributed by atoms with Crippen molar-refractivity contribution in [2.75, 3.05) is 4.90 Å². The zero-order chi connectivity index (χ0) is 18.4. The van der Waals surface area contributed by atoms with Crippen molar-refractivity contribution in [3.05, 3.63) is 64.6 Å². The molecule has 0 unspecified atom stereocenters. The Labute approximate surface area is 154 Å². The average molecular weight is 365 g/mol. The van der Waals surface area contributed by atoms with E-state index in [2.05, 4.69) is 6.07 Å². The zero-order valence-electron chi connectivity index (χ0n) is 13.9. The fourth-order valence-corrected chi connectivity index (χ4v) is 4.70. The van der Waals surface area contributed by atoms with Gasteiger partial charge in [-0.2, -0.15) is 5.26 Å². The number of amides is 2. The lowest BCUT2D eigenvalue weighted by Gasteiger charge is -2.28. The summed E-state index contributed by atoms with van der Waals surface area (Å²) in [5, 5.41) is 9.16. The van der Waals surface area contributed by atoms with Gasteiger partial charge in [-0.1, -0.05) is 29.5 Å². The summed E-state index contributed by atoms with van der Waals surface area (Å²) < 4.78 is 5.47. The maximum absolute atomic E-state index is 13.2. The number of anilines is 1. The predicted molar refractivity (Wildman–Crippen MR) is 96.8 cm³/mol. The number of fused-ring (bicyclic) bond motifs is 1. The summed E-state index contributed by atoms with van der Waals surface area (Å²) in [6.07, 6.45) is 1.48. The van der Waals surface area contributed by atoms with E-state index in [1.807, 2.05) is 19.1 Å². The number of furan rings is 1. The van der Waals surface area contributed by atoms with Gasteiger partial charge in [-0.25, -0.2) is 4.90 Å². The summed E-state index contributed by atoms with van der Waals surface area (Å²) in [4.78, 5) is 27.4. The fraction of sp³-hybridized carbons (Fsp3) is 0.211. The van der Waals surface area contributed by atoms with Gasteiger partial charge in [0.25, 0.3) is 0 Å². The van der Waals surface area contributed by atoms with Crippen LogP contribution >= 0.6 is 11.8 Å². The Morgan fingerprint density at radius 3 is 2.54 bits per heavy atom. The largest absolute Gasteiger partial charge is 0.469 e. The van der Waals surface area contributed by atoms with Crippen LogP contribution in [-0.4, -0.2) is 17.1 Å². The molecule has 0 spiro atoms. The highest BCUT2D eigenvalue weighted by molar-refractivity contribution is 8.04. The number of nitriles is 1. The summed E-state index contributed by atoms with van der Waals surface area (Å²) in [7, 11) is 0. The smallest absolute Gasteiger partial charge is 0.248 e. The monoisotopic (exact) mass is 365 g/mol. The van der Waals surface area contributed by atoms with E-state index in [4.69, 9.17) is 10.2 Å². The van der Waals surface area contributed by atoms with Crippen molar-refractivity contribution in [3.8, 4) is 6.07 Å². The molecular formula is C19H15N3O3S. The molecule has 1 saturated heterocycles. The topological polar surface area (TPSA) is 100 Å². The van der Waals surface area contributed by atoms with Crippen molar-refractivity contribution in [2.24, 2.45) is 11.7 Å². The third-order valence-electron chi connectivity index (χ3n) is 4.75. The van der Waals surface area contributed by atoms with Crippen molar-refractivity contribution in [3.63, 3.8) is 0 Å². The molecule has 0 saturated carbocycles. The number of thioether (sulfide) groups is 1. The molecule has 7 heteroatoms.